The summed E-state index contributed by atoms with van der Waals surface area (Å²) in [6.07, 6.45) is 0.356. The van der Waals surface area contributed by atoms with Crippen LogP contribution in [0.2, 0.25) is 0 Å². The van der Waals surface area contributed by atoms with Crippen LogP contribution in [-0.2, 0) is 21.4 Å². The predicted molar refractivity (Wildman–Crippen MR) is 109 cm³/mol. The van der Waals surface area contributed by atoms with Gasteiger partial charge >= 0.3 is 0 Å². The molecule has 0 saturated heterocycles. The minimum Gasteiger partial charge on any atom is -0.496 e. The molecule has 0 unspecified atom stereocenters. The number of carbonyl (C=O) groups is 1. The molecule has 0 aromatic heterocycles. The van der Waals surface area contributed by atoms with Gasteiger partial charge in [0.2, 0.25) is 15.9 Å². The van der Waals surface area contributed by atoms with E-state index in [0.29, 0.717) is 17.7 Å². The lowest BCUT2D eigenvalue weighted by molar-refractivity contribution is -0.120. The number of amides is 1. The maximum Gasteiger partial charge on any atom is 0.241 e. The number of nitrogens with one attached hydrogen (secondary N) is 2. The second-order valence-electron chi connectivity index (χ2n) is 6.86. The minimum absolute atomic E-state index is 0.0683. The SMILES string of the molecule is CCC(=O)NCc1cc(S(=O)(=O)N[C@H](c2ccccc2)C(C)C)ccc1OC. The molecule has 0 spiro atoms. The molecule has 152 valence electrons. The summed E-state index contributed by atoms with van der Waals surface area (Å²) >= 11 is 0. The van der Waals surface area contributed by atoms with Crippen molar-refractivity contribution >= 4 is 15.9 Å². The summed E-state index contributed by atoms with van der Waals surface area (Å²) in [6.45, 7) is 5.90. The maximum atomic E-state index is 13.0. The van der Waals surface area contributed by atoms with Crippen molar-refractivity contribution in [3.05, 3.63) is 59.7 Å². The smallest absolute Gasteiger partial charge is 0.241 e. The molecular weight excluding hydrogens is 376 g/mol. The molecule has 0 saturated carbocycles. The summed E-state index contributed by atoms with van der Waals surface area (Å²) in [5, 5.41) is 2.75. The molecule has 0 heterocycles. The van der Waals surface area contributed by atoms with Crippen LogP contribution in [0.3, 0.4) is 0 Å². The summed E-state index contributed by atoms with van der Waals surface area (Å²) in [7, 11) is -2.25. The predicted octanol–water partition coefficient (Wildman–Crippen LogP) is 3.40. The van der Waals surface area contributed by atoms with Crippen LogP contribution >= 0.6 is 0 Å². The topological polar surface area (TPSA) is 84.5 Å². The highest BCUT2D eigenvalue weighted by molar-refractivity contribution is 7.89. The third kappa shape index (κ3) is 5.56. The van der Waals surface area contributed by atoms with Crippen LogP contribution in [0.5, 0.6) is 5.75 Å². The number of benzene rings is 2. The number of sulfonamides is 1. The van der Waals surface area contributed by atoms with Crippen LogP contribution in [0.25, 0.3) is 0 Å². The van der Waals surface area contributed by atoms with Crippen LogP contribution in [-0.4, -0.2) is 21.4 Å². The summed E-state index contributed by atoms with van der Waals surface area (Å²) in [5.74, 6) is 0.481. The van der Waals surface area contributed by atoms with Gasteiger partial charge in [-0.1, -0.05) is 51.1 Å². The van der Waals surface area contributed by atoms with Gasteiger partial charge in [-0.05, 0) is 29.7 Å². The fourth-order valence-electron chi connectivity index (χ4n) is 2.86. The second kappa shape index (κ2) is 9.71. The van der Waals surface area contributed by atoms with Gasteiger partial charge in [0, 0.05) is 24.6 Å². The normalized spacial score (nSPS) is 12.6. The molecule has 6 nitrogen and oxygen atoms in total. The monoisotopic (exact) mass is 404 g/mol. The van der Waals surface area contributed by atoms with Gasteiger partial charge in [0.05, 0.1) is 12.0 Å². The van der Waals surface area contributed by atoms with E-state index in [0.717, 1.165) is 5.56 Å². The van der Waals surface area contributed by atoms with Crippen molar-refractivity contribution in [1.82, 2.24) is 10.0 Å². The number of hydrogen-bond donors (Lipinski definition) is 2. The fraction of sp³-hybridized carbons (Fsp3) is 0.381. The van der Waals surface area contributed by atoms with Crippen LogP contribution < -0.4 is 14.8 Å². The first-order valence-electron chi connectivity index (χ1n) is 9.29. The molecule has 0 fully saturated rings. The Morgan fingerprint density at radius 3 is 2.36 bits per heavy atom. The highest BCUT2D eigenvalue weighted by Crippen LogP contribution is 2.27. The molecule has 0 aliphatic carbocycles. The van der Waals surface area contributed by atoms with E-state index in [4.69, 9.17) is 4.74 Å². The first-order chi connectivity index (χ1) is 13.3. The second-order valence-corrected chi connectivity index (χ2v) is 8.57. The Morgan fingerprint density at radius 2 is 1.79 bits per heavy atom. The molecule has 0 aliphatic rings. The van der Waals surface area contributed by atoms with E-state index in [1.165, 1.54) is 13.2 Å². The van der Waals surface area contributed by atoms with E-state index >= 15 is 0 Å². The zero-order valence-electron chi connectivity index (χ0n) is 16.7. The molecule has 2 aromatic carbocycles. The zero-order chi connectivity index (χ0) is 20.7. The van der Waals surface area contributed by atoms with Gasteiger partial charge in [0.1, 0.15) is 5.75 Å². The molecule has 0 radical (unpaired) electrons. The molecule has 0 bridgehead atoms. The Kier molecular flexibility index (Phi) is 7.60. The van der Waals surface area contributed by atoms with Crippen molar-refractivity contribution < 1.29 is 17.9 Å². The molecule has 1 amide bonds. The standard InChI is InChI=1S/C21H28N2O4S/c1-5-20(24)22-14-17-13-18(11-12-19(17)27-4)28(25,26)23-21(15(2)3)16-9-7-6-8-10-16/h6-13,15,21,23H,5,14H2,1-4H3,(H,22,24)/t21-/m0/s1. The first-order valence-corrected chi connectivity index (χ1v) is 10.8. The molecule has 2 aromatic rings. The Morgan fingerprint density at radius 1 is 1.11 bits per heavy atom. The van der Waals surface area contributed by atoms with E-state index in [-0.39, 0.29) is 29.3 Å². The highest BCUT2D eigenvalue weighted by atomic mass is 32.2. The van der Waals surface area contributed by atoms with E-state index in [1.807, 2.05) is 44.2 Å². The Bertz CT molecular complexity index is 896. The molecule has 2 N–H and O–H groups in total. The molecule has 28 heavy (non-hydrogen) atoms. The average molecular weight is 405 g/mol. The van der Waals surface area contributed by atoms with Gasteiger partial charge in [0.15, 0.2) is 0 Å². The summed E-state index contributed by atoms with van der Waals surface area (Å²) in [5.41, 5.74) is 1.51. The van der Waals surface area contributed by atoms with Crippen LogP contribution in [0.1, 0.15) is 44.4 Å². The van der Waals surface area contributed by atoms with E-state index in [1.54, 1.807) is 19.1 Å². The number of hydrogen-bond acceptors (Lipinski definition) is 4. The lowest BCUT2D eigenvalue weighted by Crippen LogP contribution is -2.32. The Hall–Kier alpha value is -2.38. The quantitative estimate of drug-likeness (QED) is 0.671. The number of methoxy groups -OCH3 is 1. The maximum absolute atomic E-state index is 13.0. The molecule has 0 aliphatic heterocycles. The van der Waals surface area contributed by atoms with Crippen molar-refractivity contribution in [3.8, 4) is 5.75 Å². The summed E-state index contributed by atoms with van der Waals surface area (Å²) < 4.78 is 34.2. The van der Waals surface area contributed by atoms with Crippen molar-refractivity contribution in [2.24, 2.45) is 5.92 Å². The van der Waals surface area contributed by atoms with Crippen molar-refractivity contribution in [3.63, 3.8) is 0 Å². The first kappa shape index (κ1) is 21.9. The third-order valence-electron chi connectivity index (χ3n) is 4.47. The Labute approximate surface area is 167 Å². The Balaban J connectivity index is 2.32. The fourth-order valence-corrected chi connectivity index (χ4v) is 4.29. The third-order valence-corrected chi connectivity index (χ3v) is 5.91. The molecular formula is C21H28N2O4S. The van der Waals surface area contributed by atoms with E-state index < -0.39 is 10.0 Å². The molecule has 7 heteroatoms. The van der Waals surface area contributed by atoms with Gasteiger partial charge < -0.3 is 10.1 Å². The largest absolute Gasteiger partial charge is 0.496 e. The van der Waals surface area contributed by atoms with Crippen molar-refractivity contribution in [2.75, 3.05) is 7.11 Å². The van der Waals surface area contributed by atoms with E-state index in [9.17, 15) is 13.2 Å². The van der Waals surface area contributed by atoms with Crippen LogP contribution in [0.4, 0.5) is 0 Å². The number of carbonyl (C=O) groups excluding carboxylic acids is 1. The number of ether oxygens (including phenoxy) is 1. The zero-order valence-corrected chi connectivity index (χ0v) is 17.5. The van der Waals surface area contributed by atoms with Crippen molar-refractivity contribution in [2.45, 2.75) is 44.7 Å². The van der Waals surface area contributed by atoms with Gasteiger partial charge in [0.25, 0.3) is 0 Å². The molecule has 2 rings (SSSR count). The average Bonchev–Trinajstić information content (AvgIpc) is 2.70. The van der Waals surface area contributed by atoms with Gasteiger partial charge in [-0.2, -0.15) is 0 Å². The summed E-state index contributed by atoms with van der Waals surface area (Å²) in [6, 6.07) is 13.8. The van der Waals surface area contributed by atoms with Crippen LogP contribution in [0, 0.1) is 5.92 Å². The minimum atomic E-state index is -3.76. The van der Waals surface area contributed by atoms with Crippen molar-refractivity contribution in [1.29, 1.82) is 0 Å². The van der Waals surface area contributed by atoms with Gasteiger partial charge in [-0.15, -0.1) is 0 Å². The van der Waals surface area contributed by atoms with E-state index in [2.05, 4.69) is 10.0 Å². The van der Waals surface area contributed by atoms with Crippen LogP contribution in [0.15, 0.2) is 53.4 Å². The lowest BCUT2D eigenvalue weighted by atomic mass is 9.97. The summed E-state index contributed by atoms with van der Waals surface area (Å²) in [4.78, 5) is 11.7. The van der Waals surface area contributed by atoms with Gasteiger partial charge in [-0.25, -0.2) is 13.1 Å². The van der Waals surface area contributed by atoms with Gasteiger partial charge in [-0.3, -0.25) is 4.79 Å². The highest BCUT2D eigenvalue weighted by Gasteiger charge is 2.24. The lowest BCUT2D eigenvalue weighted by Gasteiger charge is -2.23. The number of rotatable bonds is 9. The molecule has 1 atom stereocenters.